The molecule has 8 heteroatoms. The molecule has 1 amide bonds. The van der Waals surface area contributed by atoms with Crippen LogP contribution in [0.1, 0.15) is 12.5 Å². The number of rotatable bonds is 6. The molecule has 1 aromatic rings. The van der Waals surface area contributed by atoms with Crippen LogP contribution < -0.4 is 10.6 Å². The van der Waals surface area contributed by atoms with Gasteiger partial charge in [0, 0.05) is 13.1 Å². The zero-order valence-corrected chi connectivity index (χ0v) is 14.7. The van der Waals surface area contributed by atoms with Crippen LogP contribution in [0.2, 0.25) is 0 Å². The number of morpholine rings is 1. The highest BCUT2D eigenvalue weighted by Gasteiger charge is 2.28. The van der Waals surface area contributed by atoms with E-state index in [4.69, 9.17) is 4.74 Å². The highest BCUT2D eigenvalue weighted by Crippen LogP contribution is 2.06. The van der Waals surface area contributed by atoms with Gasteiger partial charge in [-0.25, -0.2) is 8.42 Å². The lowest BCUT2D eigenvalue weighted by Gasteiger charge is -2.29. The molecule has 1 aliphatic heterocycles. The van der Waals surface area contributed by atoms with E-state index in [2.05, 4.69) is 10.6 Å². The summed E-state index contributed by atoms with van der Waals surface area (Å²) in [7, 11) is -3.24. The van der Waals surface area contributed by atoms with Crippen LogP contribution in [0.5, 0.6) is 0 Å². The summed E-state index contributed by atoms with van der Waals surface area (Å²) in [6, 6.07) is 8.59. The molecular weight excluding hydrogens is 340 g/mol. The van der Waals surface area contributed by atoms with Gasteiger partial charge in [0.15, 0.2) is 9.84 Å². The molecule has 1 heterocycles. The standard InChI is InChI=1S/C15H22N2O4S.ClH/c1-12-14(16-7-9-21-12)15(18)17-8-10-22(19,20)11-13-5-3-2-4-6-13;/h2-6,12,14,16H,7-11H2,1H3,(H,17,18);1H/t12-,14+;/m1./s1. The van der Waals surface area contributed by atoms with E-state index < -0.39 is 15.9 Å². The molecular formula is C15H23ClN2O4S. The van der Waals surface area contributed by atoms with Crippen LogP contribution in [0.4, 0.5) is 0 Å². The number of sulfone groups is 1. The molecule has 2 rings (SSSR count). The molecule has 0 spiro atoms. The normalized spacial score (nSPS) is 21.3. The third kappa shape index (κ3) is 6.47. The van der Waals surface area contributed by atoms with Gasteiger partial charge in [0.2, 0.25) is 5.91 Å². The fourth-order valence-electron chi connectivity index (χ4n) is 2.37. The molecule has 2 atom stereocenters. The molecule has 0 bridgehead atoms. The molecule has 0 unspecified atom stereocenters. The van der Waals surface area contributed by atoms with Gasteiger partial charge in [-0.15, -0.1) is 12.4 Å². The topological polar surface area (TPSA) is 84.5 Å². The smallest absolute Gasteiger partial charge is 0.239 e. The van der Waals surface area contributed by atoms with Gasteiger partial charge in [-0.3, -0.25) is 4.79 Å². The third-order valence-electron chi connectivity index (χ3n) is 3.54. The van der Waals surface area contributed by atoms with Crippen molar-refractivity contribution in [3.8, 4) is 0 Å². The van der Waals surface area contributed by atoms with Crippen LogP contribution in [0.25, 0.3) is 0 Å². The lowest BCUT2D eigenvalue weighted by molar-refractivity contribution is -0.128. The number of nitrogens with one attached hydrogen (secondary N) is 2. The Bertz CT molecular complexity index is 595. The van der Waals surface area contributed by atoms with Gasteiger partial charge in [0.1, 0.15) is 6.04 Å². The summed E-state index contributed by atoms with van der Waals surface area (Å²) in [6.45, 7) is 3.13. The van der Waals surface area contributed by atoms with E-state index in [-0.39, 0.29) is 42.5 Å². The fourth-order valence-corrected chi connectivity index (χ4v) is 3.63. The minimum atomic E-state index is -3.24. The fraction of sp³-hybridized carbons (Fsp3) is 0.533. The summed E-state index contributed by atoms with van der Waals surface area (Å²) < 4.78 is 29.5. The molecule has 1 aliphatic rings. The van der Waals surface area contributed by atoms with Crippen LogP contribution in [-0.2, 0) is 25.1 Å². The first-order valence-electron chi connectivity index (χ1n) is 7.35. The number of hydrogen-bond acceptors (Lipinski definition) is 5. The van der Waals surface area contributed by atoms with Gasteiger partial charge in [-0.2, -0.15) is 0 Å². The van der Waals surface area contributed by atoms with Crippen molar-refractivity contribution in [3.05, 3.63) is 35.9 Å². The summed E-state index contributed by atoms with van der Waals surface area (Å²) in [5.74, 6) is -0.303. The summed E-state index contributed by atoms with van der Waals surface area (Å²) in [4.78, 5) is 12.0. The second-order valence-corrected chi connectivity index (χ2v) is 7.56. The zero-order chi connectivity index (χ0) is 16.0. The zero-order valence-electron chi connectivity index (χ0n) is 13.0. The first-order chi connectivity index (χ1) is 10.5. The number of benzene rings is 1. The summed E-state index contributed by atoms with van der Waals surface area (Å²) in [6.07, 6.45) is -0.213. The third-order valence-corrected chi connectivity index (χ3v) is 5.14. The van der Waals surface area contributed by atoms with Crippen LogP contribution in [0, 0.1) is 0 Å². The molecule has 23 heavy (non-hydrogen) atoms. The Morgan fingerprint density at radius 1 is 1.35 bits per heavy atom. The number of hydrogen-bond donors (Lipinski definition) is 2. The predicted octanol–water partition coefficient (Wildman–Crippen LogP) is 0.516. The Balaban J connectivity index is 0.00000264. The van der Waals surface area contributed by atoms with E-state index >= 15 is 0 Å². The average Bonchev–Trinajstić information content (AvgIpc) is 2.48. The Kier molecular flexibility index (Phi) is 7.98. The van der Waals surface area contributed by atoms with Gasteiger partial charge in [-0.05, 0) is 12.5 Å². The highest BCUT2D eigenvalue weighted by atomic mass is 35.5. The van der Waals surface area contributed by atoms with Crippen molar-refractivity contribution in [1.29, 1.82) is 0 Å². The lowest BCUT2D eigenvalue weighted by atomic mass is 10.1. The predicted molar refractivity (Wildman–Crippen MR) is 91.4 cm³/mol. The molecule has 0 radical (unpaired) electrons. The van der Waals surface area contributed by atoms with Gasteiger partial charge < -0.3 is 15.4 Å². The van der Waals surface area contributed by atoms with E-state index in [9.17, 15) is 13.2 Å². The first kappa shape index (κ1) is 19.9. The molecule has 0 aromatic heterocycles. The number of amides is 1. The Morgan fingerprint density at radius 3 is 2.70 bits per heavy atom. The van der Waals surface area contributed by atoms with E-state index in [0.717, 1.165) is 5.56 Å². The molecule has 6 nitrogen and oxygen atoms in total. The van der Waals surface area contributed by atoms with Crippen molar-refractivity contribution in [2.75, 3.05) is 25.4 Å². The van der Waals surface area contributed by atoms with Crippen molar-refractivity contribution in [2.45, 2.75) is 24.8 Å². The first-order valence-corrected chi connectivity index (χ1v) is 9.17. The van der Waals surface area contributed by atoms with Gasteiger partial charge in [0.25, 0.3) is 0 Å². The SMILES string of the molecule is C[C@H]1OCCN[C@@H]1C(=O)NCCS(=O)(=O)Cc1ccccc1.Cl. The lowest BCUT2D eigenvalue weighted by Crippen LogP contribution is -2.55. The Morgan fingerprint density at radius 2 is 2.04 bits per heavy atom. The molecule has 2 N–H and O–H groups in total. The minimum Gasteiger partial charge on any atom is -0.375 e. The van der Waals surface area contributed by atoms with Gasteiger partial charge in [-0.1, -0.05) is 30.3 Å². The summed E-state index contributed by atoms with van der Waals surface area (Å²) >= 11 is 0. The maximum absolute atomic E-state index is 12.0. The molecule has 0 aliphatic carbocycles. The maximum atomic E-state index is 12.0. The van der Waals surface area contributed by atoms with E-state index in [0.29, 0.717) is 13.2 Å². The van der Waals surface area contributed by atoms with E-state index in [1.165, 1.54) is 0 Å². The number of ether oxygens (including phenoxy) is 1. The van der Waals surface area contributed by atoms with Crippen molar-refractivity contribution < 1.29 is 17.9 Å². The van der Waals surface area contributed by atoms with Crippen LogP contribution in [0.15, 0.2) is 30.3 Å². The quantitative estimate of drug-likeness (QED) is 0.770. The number of carbonyl (C=O) groups is 1. The van der Waals surface area contributed by atoms with Crippen LogP contribution in [0.3, 0.4) is 0 Å². The van der Waals surface area contributed by atoms with Crippen LogP contribution in [-0.4, -0.2) is 51.9 Å². The van der Waals surface area contributed by atoms with Crippen LogP contribution >= 0.6 is 12.4 Å². The number of carbonyl (C=O) groups excluding carboxylic acids is 1. The second-order valence-electron chi connectivity index (χ2n) is 5.38. The Hall–Kier alpha value is -1.15. The Labute approximate surface area is 143 Å². The minimum absolute atomic E-state index is 0. The summed E-state index contributed by atoms with van der Waals surface area (Å²) in [5, 5.41) is 5.73. The van der Waals surface area contributed by atoms with Crippen molar-refractivity contribution in [3.63, 3.8) is 0 Å². The van der Waals surface area contributed by atoms with Gasteiger partial charge >= 0.3 is 0 Å². The van der Waals surface area contributed by atoms with Gasteiger partial charge in [0.05, 0.1) is 24.2 Å². The molecule has 0 saturated carbocycles. The largest absolute Gasteiger partial charge is 0.375 e. The second kappa shape index (κ2) is 9.22. The van der Waals surface area contributed by atoms with Crippen molar-refractivity contribution in [2.24, 2.45) is 0 Å². The molecule has 1 fully saturated rings. The molecule has 1 saturated heterocycles. The average molecular weight is 363 g/mol. The maximum Gasteiger partial charge on any atom is 0.239 e. The monoisotopic (exact) mass is 362 g/mol. The van der Waals surface area contributed by atoms with Crippen molar-refractivity contribution >= 4 is 28.2 Å². The van der Waals surface area contributed by atoms with E-state index in [1.807, 2.05) is 25.1 Å². The highest BCUT2D eigenvalue weighted by molar-refractivity contribution is 7.90. The van der Waals surface area contributed by atoms with E-state index in [1.54, 1.807) is 12.1 Å². The number of halogens is 1. The molecule has 1 aromatic carbocycles. The van der Waals surface area contributed by atoms with Crippen molar-refractivity contribution in [1.82, 2.24) is 10.6 Å². The molecule has 130 valence electrons. The summed E-state index contributed by atoms with van der Waals surface area (Å²) in [5.41, 5.74) is 0.754.